The molecular formula is C14H16N2S. The zero-order valence-corrected chi connectivity index (χ0v) is 11.1. The molecule has 1 N–H and O–H groups in total. The lowest BCUT2D eigenvalue weighted by molar-refractivity contribution is 0.590. The van der Waals surface area contributed by atoms with Crippen LogP contribution in [0.2, 0.25) is 0 Å². The van der Waals surface area contributed by atoms with Crippen molar-refractivity contribution in [3.63, 3.8) is 0 Å². The van der Waals surface area contributed by atoms with Crippen molar-refractivity contribution >= 4 is 12.2 Å². The molecule has 0 saturated heterocycles. The molecule has 0 amide bonds. The van der Waals surface area contributed by atoms with Gasteiger partial charge in [0.1, 0.15) is 4.64 Å². The normalized spacial score (nSPS) is 11.5. The van der Waals surface area contributed by atoms with Crippen LogP contribution in [0.15, 0.2) is 36.7 Å². The Bertz CT molecular complexity index is 562. The van der Waals surface area contributed by atoms with Crippen molar-refractivity contribution in [3.8, 4) is 11.3 Å². The van der Waals surface area contributed by atoms with E-state index in [0.29, 0.717) is 4.64 Å². The van der Waals surface area contributed by atoms with Crippen molar-refractivity contribution in [1.29, 1.82) is 0 Å². The minimum atomic E-state index is 0.184. The zero-order valence-electron chi connectivity index (χ0n) is 10.3. The molecule has 2 aromatic rings. The van der Waals surface area contributed by atoms with Crippen molar-refractivity contribution in [2.24, 2.45) is 0 Å². The molecule has 17 heavy (non-hydrogen) atoms. The van der Waals surface area contributed by atoms with E-state index in [0.717, 1.165) is 11.3 Å². The summed E-state index contributed by atoms with van der Waals surface area (Å²) in [5.74, 6) is 0. The standard InChI is InChI=1S/C14H16N2S/c1-14(2,3)11-6-4-10(5-7-11)12-8-13(17)16-9-15-12/h4-9H,1-3H3,(H,15,16,17). The molecule has 88 valence electrons. The molecule has 2 nitrogen and oxygen atoms in total. The quantitative estimate of drug-likeness (QED) is 0.765. The van der Waals surface area contributed by atoms with E-state index in [2.05, 4.69) is 55.0 Å². The van der Waals surface area contributed by atoms with E-state index in [-0.39, 0.29) is 5.41 Å². The number of aromatic amines is 1. The molecule has 1 aromatic heterocycles. The van der Waals surface area contributed by atoms with Gasteiger partial charge in [0.2, 0.25) is 0 Å². The van der Waals surface area contributed by atoms with Crippen LogP contribution in [-0.4, -0.2) is 9.97 Å². The van der Waals surface area contributed by atoms with Crippen LogP contribution in [0.3, 0.4) is 0 Å². The number of benzene rings is 1. The maximum Gasteiger partial charge on any atom is 0.130 e. The first-order chi connectivity index (χ1) is 7.97. The van der Waals surface area contributed by atoms with Crippen LogP contribution < -0.4 is 0 Å². The topological polar surface area (TPSA) is 28.7 Å². The van der Waals surface area contributed by atoms with E-state index in [4.69, 9.17) is 12.2 Å². The fraction of sp³-hybridized carbons (Fsp3) is 0.286. The van der Waals surface area contributed by atoms with Gasteiger partial charge in [0.15, 0.2) is 0 Å². The minimum Gasteiger partial charge on any atom is -0.346 e. The Labute approximate surface area is 107 Å². The second-order valence-corrected chi connectivity index (χ2v) is 5.54. The lowest BCUT2D eigenvalue weighted by atomic mass is 9.86. The lowest BCUT2D eigenvalue weighted by Gasteiger charge is -2.19. The molecule has 0 bridgehead atoms. The average molecular weight is 244 g/mol. The highest BCUT2D eigenvalue weighted by Crippen LogP contribution is 2.25. The summed E-state index contributed by atoms with van der Waals surface area (Å²) in [6, 6.07) is 10.4. The molecule has 0 atom stereocenters. The Kier molecular flexibility index (Phi) is 3.11. The van der Waals surface area contributed by atoms with Gasteiger partial charge in [0, 0.05) is 5.69 Å². The summed E-state index contributed by atoms with van der Waals surface area (Å²) in [6.45, 7) is 6.63. The third-order valence-electron chi connectivity index (χ3n) is 2.74. The van der Waals surface area contributed by atoms with Crippen molar-refractivity contribution in [3.05, 3.63) is 46.9 Å². The van der Waals surface area contributed by atoms with E-state index >= 15 is 0 Å². The molecule has 0 fully saturated rings. The van der Waals surface area contributed by atoms with E-state index in [9.17, 15) is 0 Å². The number of hydrogen-bond acceptors (Lipinski definition) is 2. The van der Waals surface area contributed by atoms with Crippen LogP contribution in [0.4, 0.5) is 0 Å². The van der Waals surface area contributed by atoms with Crippen LogP contribution in [0.25, 0.3) is 11.3 Å². The molecule has 0 unspecified atom stereocenters. The fourth-order valence-corrected chi connectivity index (χ4v) is 1.85. The molecule has 0 saturated carbocycles. The predicted octanol–water partition coefficient (Wildman–Crippen LogP) is 4.10. The van der Waals surface area contributed by atoms with Crippen LogP contribution in [0, 0.1) is 4.64 Å². The SMILES string of the molecule is CC(C)(C)c1ccc(-c2cc(=S)nc[nH]2)cc1. The zero-order chi connectivity index (χ0) is 12.5. The summed E-state index contributed by atoms with van der Waals surface area (Å²) in [6.07, 6.45) is 1.63. The smallest absolute Gasteiger partial charge is 0.130 e. The first kappa shape index (κ1) is 12.0. The van der Waals surface area contributed by atoms with Gasteiger partial charge in [-0.3, -0.25) is 0 Å². The van der Waals surface area contributed by atoms with Gasteiger partial charge >= 0.3 is 0 Å². The van der Waals surface area contributed by atoms with Crippen LogP contribution in [-0.2, 0) is 5.41 Å². The molecule has 0 spiro atoms. The Morgan fingerprint density at radius 3 is 2.29 bits per heavy atom. The summed E-state index contributed by atoms with van der Waals surface area (Å²) >= 11 is 5.05. The van der Waals surface area contributed by atoms with Crippen molar-refractivity contribution in [1.82, 2.24) is 9.97 Å². The van der Waals surface area contributed by atoms with E-state index in [1.807, 2.05) is 6.07 Å². The molecule has 2 rings (SSSR count). The maximum absolute atomic E-state index is 5.05. The van der Waals surface area contributed by atoms with Gasteiger partial charge in [-0.15, -0.1) is 0 Å². The summed E-state index contributed by atoms with van der Waals surface area (Å²) in [7, 11) is 0. The third-order valence-corrected chi connectivity index (χ3v) is 2.96. The van der Waals surface area contributed by atoms with Gasteiger partial charge in [0.05, 0.1) is 6.33 Å². The van der Waals surface area contributed by atoms with Gasteiger partial charge in [-0.05, 0) is 22.6 Å². The number of nitrogens with one attached hydrogen (secondary N) is 1. The number of hydrogen-bond donors (Lipinski definition) is 1. The summed E-state index contributed by atoms with van der Waals surface area (Å²) < 4.78 is 0.610. The molecule has 1 aromatic carbocycles. The minimum absolute atomic E-state index is 0.184. The predicted molar refractivity (Wildman–Crippen MR) is 73.6 cm³/mol. The van der Waals surface area contributed by atoms with Gasteiger partial charge in [-0.1, -0.05) is 57.3 Å². The Hall–Kier alpha value is -1.48. The number of aromatic nitrogens is 2. The van der Waals surface area contributed by atoms with Gasteiger partial charge in [-0.2, -0.15) is 0 Å². The van der Waals surface area contributed by atoms with Gasteiger partial charge in [0.25, 0.3) is 0 Å². The molecule has 0 aliphatic rings. The highest BCUT2D eigenvalue weighted by Gasteiger charge is 2.12. The third kappa shape index (κ3) is 2.80. The first-order valence-electron chi connectivity index (χ1n) is 5.62. The van der Waals surface area contributed by atoms with Gasteiger partial charge < -0.3 is 4.98 Å². The van der Waals surface area contributed by atoms with Crippen molar-refractivity contribution in [2.75, 3.05) is 0 Å². The Morgan fingerprint density at radius 1 is 1.12 bits per heavy atom. The first-order valence-corrected chi connectivity index (χ1v) is 6.03. The molecule has 0 radical (unpaired) electrons. The summed E-state index contributed by atoms with van der Waals surface area (Å²) in [5.41, 5.74) is 3.65. The van der Waals surface area contributed by atoms with E-state index in [1.165, 1.54) is 5.56 Å². The largest absolute Gasteiger partial charge is 0.346 e. The maximum atomic E-state index is 5.05. The average Bonchev–Trinajstić information content (AvgIpc) is 2.28. The van der Waals surface area contributed by atoms with Crippen molar-refractivity contribution in [2.45, 2.75) is 26.2 Å². The monoisotopic (exact) mass is 244 g/mol. The number of H-pyrrole nitrogens is 1. The summed E-state index contributed by atoms with van der Waals surface area (Å²) in [4.78, 5) is 7.09. The fourth-order valence-electron chi connectivity index (χ4n) is 1.68. The Morgan fingerprint density at radius 2 is 1.76 bits per heavy atom. The Balaban J connectivity index is 2.39. The van der Waals surface area contributed by atoms with Crippen LogP contribution >= 0.6 is 12.2 Å². The number of nitrogens with zero attached hydrogens (tertiary/aromatic N) is 1. The van der Waals surface area contributed by atoms with Crippen LogP contribution in [0.5, 0.6) is 0 Å². The second-order valence-electron chi connectivity index (χ2n) is 5.13. The van der Waals surface area contributed by atoms with Gasteiger partial charge in [-0.25, -0.2) is 4.98 Å². The van der Waals surface area contributed by atoms with E-state index < -0.39 is 0 Å². The van der Waals surface area contributed by atoms with Crippen LogP contribution in [0.1, 0.15) is 26.3 Å². The lowest BCUT2D eigenvalue weighted by Crippen LogP contribution is -2.10. The molecule has 0 aliphatic carbocycles. The van der Waals surface area contributed by atoms with Crippen molar-refractivity contribution < 1.29 is 0 Å². The molecule has 0 aliphatic heterocycles. The van der Waals surface area contributed by atoms with E-state index in [1.54, 1.807) is 6.33 Å². The number of rotatable bonds is 1. The highest BCUT2D eigenvalue weighted by atomic mass is 32.1. The molecular weight excluding hydrogens is 228 g/mol. The highest BCUT2D eigenvalue weighted by molar-refractivity contribution is 7.71. The summed E-state index contributed by atoms with van der Waals surface area (Å²) in [5, 5.41) is 0. The molecule has 3 heteroatoms. The second kappa shape index (κ2) is 4.41. The molecule has 1 heterocycles.